The van der Waals surface area contributed by atoms with E-state index in [1.54, 1.807) is 11.8 Å². The van der Waals surface area contributed by atoms with Crippen LogP contribution in [0, 0.1) is 13.8 Å². The van der Waals surface area contributed by atoms with E-state index in [1.165, 1.54) is 10.5 Å². The Kier molecular flexibility index (Phi) is 5.08. The summed E-state index contributed by atoms with van der Waals surface area (Å²) in [5.41, 5.74) is 3.37. The highest BCUT2D eigenvalue weighted by Gasteiger charge is 2.11. The minimum atomic E-state index is -0.423. The minimum Gasteiger partial charge on any atom is -0.388 e. The van der Waals surface area contributed by atoms with Gasteiger partial charge in [-0.15, -0.1) is 11.8 Å². The lowest BCUT2D eigenvalue weighted by Gasteiger charge is -2.14. The molecule has 100 valence electrons. The van der Waals surface area contributed by atoms with Gasteiger partial charge in [-0.1, -0.05) is 39.7 Å². The van der Waals surface area contributed by atoms with Gasteiger partial charge in [0.1, 0.15) is 0 Å². The molecule has 0 aromatic heterocycles. The monoisotopic (exact) mass is 336 g/mol. The summed E-state index contributed by atoms with van der Waals surface area (Å²) in [5.74, 6) is 0.673. The van der Waals surface area contributed by atoms with Gasteiger partial charge < -0.3 is 5.11 Å². The van der Waals surface area contributed by atoms with Gasteiger partial charge in [0, 0.05) is 15.1 Å². The van der Waals surface area contributed by atoms with E-state index in [0.29, 0.717) is 5.75 Å². The molecule has 1 N–H and O–H groups in total. The third-order valence-electron chi connectivity index (χ3n) is 3.02. The summed E-state index contributed by atoms with van der Waals surface area (Å²) >= 11 is 5.10. The molecule has 2 rings (SSSR count). The molecule has 0 radical (unpaired) electrons. The van der Waals surface area contributed by atoms with E-state index in [9.17, 15) is 5.11 Å². The molecular formula is C16H17BrOS. The first-order valence-electron chi connectivity index (χ1n) is 6.20. The van der Waals surface area contributed by atoms with Crippen LogP contribution in [0.3, 0.4) is 0 Å². The van der Waals surface area contributed by atoms with Gasteiger partial charge in [-0.05, 0) is 49.2 Å². The van der Waals surface area contributed by atoms with E-state index >= 15 is 0 Å². The lowest BCUT2D eigenvalue weighted by atomic mass is 10.0. The molecule has 0 saturated heterocycles. The second-order valence-electron chi connectivity index (χ2n) is 4.64. The van der Waals surface area contributed by atoms with Crippen LogP contribution in [0.4, 0.5) is 0 Å². The Morgan fingerprint density at radius 2 is 1.79 bits per heavy atom. The van der Waals surface area contributed by atoms with Gasteiger partial charge in [0.05, 0.1) is 6.10 Å². The Labute approximate surface area is 127 Å². The summed E-state index contributed by atoms with van der Waals surface area (Å²) in [6.45, 7) is 4.10. The molecule has 19 heavy (non-hydrogen) atoms. The molecule has 1 nitrogen and oxygen atoms in total. The highest BCUT2D eigenvalue weighted by atomic mass is 79.9. The Morgan fingerprint density at radius 1 is 1.11 bits per heavy atom. The van der Waals surface area contributed by atoms with Gasteiger partial charge in [0.15, 0.2) is 0 Å². The molecule has 1 unspecified atom stereocenters. The minimum absolute atomic E-state index is 0.423. The number of rotatable bonds is 4. The molecule has 0 aliphatic carbocycles. The first kappa shape index (κ1) is 14.6. The molecule has 2 aromatic rings. The third kappa shape index (κ3) is 4.10. The van der Waals surface area contributed by atoms with Gasteiger partial charge in [0.2, 0.25) is 0 Å². The van der Waals surface area contributed by atoms with Crippen LogP contribution < -0.4 is 0 Å². The van der Waals surface area contributed by atoms with Crippen molar-refractivity contribution in [2.75, 3.05) is 5.75 Å². The molecule has 0 aliphatic heterocycles. The van der Waals surface area contributed by atoms with Crippen molar-refractivity contribution in [3.05, 3.63) is 63.6 Å². The lowest BCUT2D eigenvalue weighted by molar-refractivity contribution is 0.203. The molecule has 0 aliphatic rings. The molecule has 0 fully saturated rings. The lowest BCUT2D eigenvalue weighted by Crippen LogP contribution is -2.03. The predicted octanol–water partition coefficient (Wildman–Crippen LogP) is 4.89. The van der Waals surface area contributed by atoms with Crippen LogP contribution in [-0.2, 0) is 0 Å². The van der Waals surface area contributed by atoms with Crippen LogP contribution in [-0.4, -0.2) is 10.9 Å². The second kappa shape index (κ2) is 6.60. The van der Waals surface area contributed by atoms with Gasteiger partial charge in [-0.25, -0.2) is 0 Å². The number of hydrogen-bond acceptors (Lipinski definition) is 2. The van der Waals surface area contributed by atoms with Crippen LogP contribution in [0.1, 0.15) is 22.8 Å². The van der Waals surface area contributed by atoms with Crippen LogP contribution in [0.15, 0.2) is 51.8 Å². The van der Waals surface area contributed by atoms with Crippen molar-refractivity contribution in [2.24, 2.45) is 0 Å². The van der Waals surface area contributed by atoms with E-state index < -0.39 is 6.10 Å². The van der Waals surface area contributed by atoms with E-state index in [1.807, 2.05) is 19.1 Å². The average molecular weight is 337 g/mol. The van der Waals surface area contributed by atoms with Crippen molar-refractivity contribution in [1.29, 1.82) is 0 Å². The van der Waals surface area contributed by atoms with Gasteiger partial charge in [-0.3, -0.25) is 0 Å². The first-order chi connectivity index (χ1) is 9.06. The van der Waals surface area contributed by atoms with Crippen molar-refractivity contribution in [3.63, 3.8) is 0 Å². The summed E-state index contributed by atoms with van der Waals surface area (Å²) in [6, 6.07) is 14.4. The second-order valence-corrected chi connectivity index (χ2v) is 6.65. The number of thioether (sulfide) groups is 1. The van der Waals surface area contributed by atoms with E-state index in [0.717, 1.165) is 15.6 Å². The molecule has 0 saturated carbocycles. The van der Waals surface area contributed by atoms with Gasteiger partial charge in [0.25, 0.3) is 0 Å². The molecule has 0 amide bonds. The van der Waals surface area contributed by atoms with Crippen LogP contribution in [0.5, 0.6) is 0 Å². The maximum atomic E-state index is 10.3. The van der Waals surface area contributed by atoms with E-state index in [2.05, 4.69) is 53.2 Å². The fraction of sp³-hybridized carbons (Fsp3) is 0.250. The first-order valence-corrected chi connectivity index (χ1v) is 7.97. The normalized spacial score (nSPS) is 12.4. The SMILES string of the molecule is Cc1ccc(C)c(C(O)CSc2ccc(Br)cc2)c1. The van der Waals surface area contributed by atoms with Crippen molar-refractivity contribution < 1.29 is 5.11 Å². The summed E-state index contributed by atoms with van der Waals surface area (Å²) < 4.78 is 1.08. The number of aryl methyl sites for hydroxylation is 2. The molecule has 3 heteroatoms. The highest BCUT2D eigenvalue weighted by molar-refractivity contribution is 9.10. The van der Waals surface area contributed by atoms with E-state index in [4.69, 9.17) is 0 Å². The summed E-state index contributed by atoms with van der Waals surface area (Å²) in [5, 5.41) is 10.3. The van der Waals surface area contributed by atoms with Crippen LogP contribution in [0.25, 0.3) is 0 Å². The predicted molar refractivity (Wildman–Crippen MR) is 85.7 cm³/mol. The van der Waals surface area contributed by atoms with E-state index in [-0.39, 0.29) is 0 Å². The van der Waals surface area contributed by atoms with Crippen LogP contribution in [0.2, 0.25) is 0 Å². The quantitative estimate of drug-likeness (QED) is 0.802. The topological polar surface area (TPSA) is 20.2 Å². The zero-order valence-electron chi connectivity index (χ0n) is 11.1. The van der Waals surface area contributed by atoms with Crippen molar-refractivity contribution in [2.45, 2.75) is 24.8 Å². The highest BCUT2D eigenvalue weighted by Crippen LogP contribution is 2.27. The number of benzene rings is 2. The van der Waals surface area contributed by atoms with Gasteiger partial charge in [-0.2, -0.15) is 0 Å². The average Bonchev–Trinajstić information content (AvgIpc) is 2.40. The molecule has 0 spiro atoms. The molecule has 0 heterocycles. The van der Waals surface area contributed by atoms with Crippen molar-refractivity contribution in [1.82, 2.24) is 0 Å². The molecule has 0 bridgehead atoms. The number of aliphatic hydroxyl groups is 1. The largest absolute Gasteiger partial charge is 0.388 e. The fourth-order valence-corrected chi connectivity index (χ4v) is 3.04. The number of halogens is 1. The Bertz CT molecular complexity index is 551. The summed E-state index contributed by atoms with van der Waals surface area (Å²) in [4.78, 5) is 1.17. The smallest absolute Gasteiger partial charge is 0.0886 e. The van der Waals surface area contributed by atoms with Crippen LogP contribution >= 0.6 is 27.7 Å². The summed E-state index contributed by atoms with van der Waals surface area (Å²) in [7, 11) is 0. The van der Waals surface area contributed by atoms with Gasteiger partial charge >= 0.3 is 0 Å². The maximum absolute atomic E-state index is 10.3. The molecular weight excluding hydrogens is 320 g/mol. The maximum Gasteiger partial charge on any atom is 0.0886 e. The Morgan fingerprint density at radius 3 is 2.47 bits per heavy atom. The number of aliphatic hydroxyl groups excluding tert-OH is 1. The zero-order chi connectivity index (χ0) is 13.8. The molecule has 1 atom stereocenters. The summed E-state index contributed by atoms with van der Waals surface area (Å²) in [6.07, 6.45) is -0.423. The third-order valence-corrected chi connectivity index (χ3v) is 4.63. The fourth-order valence-electron chi connectivity index (χ4n) is 1.91. The van der Waals surface area contributed by atoms with Crippen molar-refractivity contribution >= 4 is 27.7 Å². The zero-order valence-corrected chi connectivity index (χ0v) is 13.5. The number of hydrogen-bond donors (Lipinski definition) is 1. The molecule has 2 aromatic carbocycles. The Balaban J connectivity index is 2.03. The standard InChI is InChI=1S/C16H17BrOS/c1-11-3-4-12(2)15(9-11)16(18)10-19-14-7-5-13(17)6-8-14/h3-9,16,18H,10H2,1-2H3. The van der Waals surface area contributed by atoms with Crippen molar-refractivity contribution in [3.8, 4) is 0 Å². The Hall–Kier alpha value is -0.770.